The first-order chi connectivity index (χ1) is 9.79. The Labute approximate surface area is 121 Å². The number of carbonyl (C=O) groups is 1. The van der Waals surface area contributed by atoms with Crippen LogP contribution in [0.5, 0.6) is 0 Å². The van der Waals surface area contributed by atoms with Crippen LogP contribution >= 0.6 is 0 Å². The minimum absolute atomic E-state index is 0.0541. The first-order valence-electron chi connectivity index (χ1n) is 7.74. The number of benzene rings is 1. The first-order valence-corrected chi connectivity index (χ1v) is 7.74. The van der Waals surface area contributed by atoms with Crippen LogP contribution in [0.4, 0.5) is 0 Å². The Morgan fingerprint density at radius 3 is 2.55 bits per heavy atom. The van der Waals surface area contributed by atoms with Gasteiger partial charge in [-0.25, -0.2) is 0 Å². The van der Waals surface area contributed by atoms with E-state index in [0.29, 0.717) is 6.42 Å². The van der Waals surface area contributed by atoms with Crippen LogP contribution in [0.2, 0.25) is 0 Å². The molecule has 2 rings (SSSR count). The Balaban J connectivity index is 1.77. The van der Waals surface area contributed by atoms with E-state index in [1.165, 1.54) is 32.1 Å². The van der Waals surface area contributed by atoms with E-state index in [1.54, 1.807) is 0 Å². The number of rotatable bonds is 6. The maximum atomic E-state index is 12.0. The summed E-state index contributed by atoms with van der Waals surface area (Å²) in [7, 11) is 0. The zero-order valence-corrected chi connectivity index (χ0v) is 12.1. The average Bonchev–Trinajstić information content (AvgIpc) is 2.52. The van der Waals surface area contributed by atoms with Gasteiger partial charge in [0.25, 0.3) is 0 Å². The van der Waals surface area contributed by atoms with Crippen LogP contribution in [0.3, 0.4) is 0 Å². The van der Waals surface area contributed by atoms with E-state index in [9.17, 15) is 9.90 Å². The molecule has 110 valence electrons. The van der Waals surface area contributed by atoms with Crippen LogP contribution in [-0.2, 0) is 4.79 Å². The maximum Gasteiger partial charge on any atom is 0.220 e. The van der Waals surface area contributed by atoms with Gasteiger partial charge in [-0.2, -0.15) is 0 Å². The summed E-state index contributed by atoms with van der Waals surface area (Å²) in [5, 5.41) is 12.4. The van der Waals surface area contributed by atoms with E-state index in [2.05, 4.69) is 5.32 Å². The molecule has 1 atom stereocenters. The SMILES string of the molecule is O=C(CCC1CCCCC1)N[C@H](CO)c1ccccc1. The van der Waals surface area contributed by atoms with Gasteiger partial charge in [-0.1, -0.05) is 62.4 Å². The molecular weight excluding hydrogens is 250 g/mol. The van der Waals surface area contributed by atoms with Crippen LogP contribution in [-0.4, -0.2) is 17.6 Å². The number of hydrogen-bond acceptors (Lipinski definition) is 2. The molecule has 1 aliphatic carbocycles. The van der Waals surface area contributed by atoms with Crippen molar-refractivity contribution in [3.8, 4) is 0 Å². The van der Waals surface area contributed by atoms with Gasteiger partial charge in [0, 0.05) is 6.42 Å². The van der Waals surface area contributed by atoms with Crippen molar-refractivity contribution in [2.24, 2.45) is 5.92 Å². The van der Waals surface area contributed by atoms with Gasteiger partial charge in [-0.3, -0.25) is 4.79 Å². The highest BCUT2D eigenvalue weighted by Crippen LogP contribution is 2.27. The minimum Gasteiger partial charge on any atom is -0.394 e. The summed E-state index contributed by atoms with van der Waals surface area (Å²) in [5.41, 5.74) is 0.959. The van der Waals surface area contributed by atoms with Crippen molar-refractivity contribution in [1.29, 1.82) is 0 Å². The van der Waals surface area contributed by atoms with E-state index in [0.717, 1.165) is 17.9 Å². The van der Waals surface area contributed by atoms with Crippen molar-refractivity contribution in [3.63, 3.8) is 0 Å². The van der Waals surface area contributed by atoms with Gasteiger partial charge in [-0.05, 0) is 17.9 Å². The van der Waals surface area contributed by atoms with Gasteiger partial charge < -0.3 is 10.4 Å². The van der Waals surface area contributed by atoms with E-state index in [4.69, 9.17) is 0 Å². The van der Waals surface area contributed by atoms with Crippen molar-refractivity contribution in [2.45, 2.75) is 51.0 Å². The predicted octanol–water partition coefficient (Wildman–Crippen LogP) is 3.20. The monoisotopic (exact) mass is 275 g/mol. The smallest absolute Gasteiger partial charge is 0.220 e. The molecule has 0 unspecified atom stereocenters. The summed E-state index contributed by atoms with van der Waals surface area (Å²) in [5.74, 6) is 0.775. The summed E-state index contributed by atoms with van der Waals surface area (Å²) in [4.78, 5) is 12.0. The number of amides is 1. The second-order valence-corrected chi connectivity index (χ2v) is 5.76. The van der Waals surface area contributed by atoms with E-state index in [1.807, 2.05) is 30.3 Å². The fourth-order valence-electron chi connectivity index (χ4n) is 3.00. The lowest BCUT2D eigenvalue weighted by Crippen LogP contribution is -2.31. The molecule has 1 saturated carbocycles. The largest absolute Gasteiger partial charge is 0.394 e. The summed E-state index contributed by atoms with van der Waals surface area (Å²) < 4.78 is 0. The van der Waals surface area contributed by atoms with Gasteiger partial charge in [0.15, 0.2) is 0 Å². The van der Waals surface area contributed by atoms with Crippen LogP contribution in [0.1, 0.15) is 56.6 Å². The molecule has 3 nitrogen and oxygen atoms in total. The molecular formula is C17H25NO2. The maximum absolute atomic E-state index is 12.0. The second kappa shape index (κ2) is 8.05. The molecule has 0 saturated heterocycles. The van der Waals surface area contributed by atoms with Gasteiger partial charge in [-0.15, -0.1) is 0 Å². The average molecular weight is 275 g/mol. The lowest BCUT2D eigenvalue weighted by molar-refractivity contribution is -0.122. The summed E-state index contributed by atoms with van der Waals surface area (Å²) in [6.07, 6.45) is 8.09. The molecule has 0 bridgehead atoms. The molecule has 3 heteroatoms. The molecule has 20 heavy (non-hydrogen) atoms. The van der Waals surface area contributed by atoms with Crippen molar-refractivity contribution >= 4 is 5.91 Å². The van der Waals surface area contributed by atoms with Crippen molar-refractivity contribution in [1.82, 2.24) is 5.32 Å². The topological polar surface area (TPSA) is 49.3 Å². The second-order valence-electron chi connectivity index (χ2n) is 5.76. The van der Waals surface area contributed by atoms with Gasteiger partial charge in [0.2, 0.25) is 5.91 Å². The highest BCUT2D eigenvalue weighted by Gasteiger charge is 2.17. The highest BCUT2D eigenvalue weighted by atomic mass is 16.3. The Bertz CT molecular complexity index is 399. The summed E-state index contributed by atoms with van der Waals surface area (Å²) in [6.45, 7) is -0.0564. The minimum atomic E-state index is -0.282. The lowest BCUT2D eigenvalue weighted by atomic mass is 9.86. The third-order valence-corrected chi connectivity index (χ3v) is 4.22. The fourth-order valence-corrected chi connectivity index (χ4v) is 3.00. The van der Waals surface area contributed by atoms with Gasteiger partial charge in [0.05, 0.1) is 12.6 Å². The Morgan fingerprint density at radius 1 is 1.20 bits per heavy atom. The number of aliphatic hydroxyl groups excluding tert-OH is 1. The standard InChI is InChI=1S/C17H25NO2/c19-13-16(15-9-5-2-6-10-15)18-17(20)12-11-14-7-3-1-4-8-14/h2,5-6,9-10,14,16,19H,1,3-4,7-8,11-13H2,(H,18,20)/t16-/m1/s1. The number of nitrogens with one attached hydrogen (secondary N) is 1. The third kappa shape index (κ3) is 4.64. The van der Waals surface area contributed by atoms with Gasteiger partial charge >= 0.3 is 0 Å². The normalized spacial score (nSPS) is 17.6. The molecule has 1 aromatic rings. The van der Waals surface area contributed by atoms with Crippen molar-refractivity contribution in [2.75, 3.05) is 6.61 Å². The third-order valence-electron chi connectivity index (χ3n) is 4.22. The highest BCUT2D eigenvalue weighted by molar-refractivity contribution is 5.76. The molecule has 0 aliphatic heterocycles. The lowest BCUT2D eigenvalue weighted by Gasteiger charge is -2.22. The van der Waals surface area contributed by atoms with Crippen LogP contribution in [0.25, 0.3) is 0 Å². The van der Waals surface area contributed by atoms with Crippen molar-refractivity contribution in [3.05, 3.63) is 35.9 Å². The van der Waals surface area contributed by atoms with Crippen molar-refractivity contribution < 1.29 is 9.90 Å². The number of carbonyl (C=O) groups excluding carboxylic acids is 1. The molecule has 0 aromatic heterocycles. The summed E-state index contributed by atoms with van der Waals surface area (Å²) >= 11 is 0. The molecule has 0 radical (unpaired) electrons. The van der Waals surface area contributed by atoms with Crippen LogP contribution in [0, 0.1) is 5.92 Å². The zero-order valence-electron chi connectivity index (χ0n) is 12.1. The van der Waals surface area contributed by atoms with E-state index < -0.39 is 0 Å². The predicted molar refractivity (Wildman–Crippen MR) is 80.2 cm³/mol. The molecule has 2 N–H and O–H groups in total. The fraction of sp³-hybridized carbons (Fsp3) is 0.588. The molecule has 0 spiro atoms. The molecule has 1 amide bonds. The molecule has 0 heterocycles. The Morgan fingerprint density at radius 2 is 1.90 bits per heavy atom. The van der Waals surface area contributed by atoms with Crippen LogP contribution < -0.4 is 5.32 Å². The number of hydrogen-bond donors (Lipinski definition) is 2. The van der Waals surface area contributed by atoms with E-state index in [-0.39, 0.29) is 18.6 Å². The molecule has 1 aliphatic rings. The van der Waals surface area contributed by atoms with Crippen LogP contribution in [0.15, 0.2) is 30.3 Å². The van der Waals surface area contributed by atoms with E-state index >= 15 is 0 Å². The Kier molecular flexibility index (Phi) is 6.06. The van der Waals surface area contributed by atoms with Gasteiger partial charge in [0.1, 0.15) is 0 Å². The molecule has 1 aromatic carbocycles. The number of aliphatic hydroxyl groups is 1. The molecule has 1 fully saturated rings. The Hall–Kier alpha value is -1.35. The quantitative estimate of drug-likeness (QED) is 0.837. The summed E-state index contributed by atoms with van der Waals surface area (Å²) in [6, 6.07) is 9.36. The first kappa shape index (κ1) is 15.0. The zero-order chi connectivity index (χ0) is 14.2.